The van der Waals surface area contributed by atoms with E-state index in [1.807, 2.05) is 21.9 Å². The standard InChI is InChI=1S/C38H40N6O4/c1-48-33-16-27(38(47)43-21-26-10-13-31(43)34(26)39)14-29-35(33)44(20-23-17-41(18-23)37(46)24-8-11-28(45)12-9-24)36(40-29)32-15-25-4-2-3-5-30(25)42(32)19-22-6-7-22/h2-5,8-9,11-12,14-16,22-23,26,31,34,45H,6-7,10,13,17-21,39H2,1H3/t26-,31-,34-/m1/s1. The van der Waals surface area contributed by atoms with Gasteiger partial charge < -0.3 is 34.5 Å². The number of phenolic OH excluding ortho intramolecular Hbond substituents is 1. The summed E-state index contributed by atoms with van der Waals surface area (Å²) in [7, 11) is 1.65. The van der Waals surface area contributed by atoms with Gasteiger partial charge in [-0.3, -0.25) is 9.59 Å². The van der Waals surface area contributed by atoms with Crippen LogP contribution in [0.2, 0.25) is 0 Å². The summed E-state index contributed by atoms with van der Waals surface area (Å²) >= 11 is 0. The lowest BCUT2D eigenvalue weighted by Gasteiger charge is -2.39. The number of hydrogen-bond acceptors (Lipinski definition) is 6. The number of hydrogen-bond donors (Lipinski definition) is 2. The number of benzene rings is 3. The molecule has 2 bridgehead atoms. The van der Waals surface area contributed by atoms with Crippen LogP contribution in [0, 0.1) is 17.8 Å². The first-order valence-electron chi connectivity index (χ1n) is 17.2. The van der Waals surface area contributed by atoms with Crippen LogP contribution in [0.15, 0.2) is 66.7 Å². The Hall–Kier alpha value is -4.83. The van der Waals surface area contributed by atoms with E-state index in [2.05, 4.69) is 39.5 Å². The molecule has 4 fully saturated rings. The monoisotopic (exact) mass is 644 g/mol. The number of ether oxygens (including phenoxy) is 1. The highest BCUT2D eigenvalue weighted by Crippen LogP contribution is 2.41. The number of aromatic hydroxyl groups is 1. The number of para-hydroxylation sites is 1. The Labute approximate surface area is 278 Å². The van der Waals surface area contributed by atoms with E-state index >= 15 is 0 Å². The average Bonchev–Trinajstić information content (AvgIpc) is 3.44. The molecule has 2 aliphatic heterocycles. The maximum Gasteiger partial charge on any atom is 0.254 e. The zero-order valence-corrected chi connectivity index (χ0v) is 27.1. The highest BCUT2D eigenvalue weighted by atomic mass is 16.5. The lowest BCUT2D eigenvalue weighted by atomic mass is 9.98. The van der Waals surface area contributed by atoms with Crippen molar-refractivity contribution in [3.8, 4) is 23.0 Å². The van der Waals surface area contributed by atoms with Gasteiger partial charge in [0.15, 0.2) is 5.82 Å². The Morgan fingerprint density at radius 3 is 2.35 bits per heavy atom. The number of fused-ring (bicyclic) bond motifs is 4. The third kappa shape index (κ3) is 4.76. The van der Waals surface area contributed by atoms with E-state index < -0.39 is 0 Å². The van der Waals surface area contributed by atoms with Gasteiger partial charge in [0.05, 0.1) is 18.3 Å². The van der Waals surface area contributed by atoms with Gasteiger partial charge in [0.1, 0.15) is 17.0 Å². The number of phenols is 1. The minimum Gasteiger partial charge on any atom is -0.508 e. The number of imidazole rings is 1. The third-order valence-electron chi connectivity index (χ3n) is 11.2. The van der Waals surface area contributed by atoms with Crippen molar-refractivity contribution in [2.75, 3.05) is 26.7 Å². The van der Waals surface area contributed by atoms with Crippen LogP contribution >= 0.6 is 0 Å². The number of nitrogens with two attached hydrogens (primary N) is 1. The SMILES string of the molecule is COc1cc(C(=O)N2C[C@H]3CC[C@@H]2[C@@H]3N)cc2nc(-c3cc4ccccc4n3CC3CC3)n(CC3CN(C(=O)c4ccc(O)cc4)C3)c12. The molecule has 3 N–H and O–H groups in total. The van der Waals surface area contributed by atoms with E-state index in [0.717, 1.165) is 41.9 Å². The van der Waals surface area contributed by atoms with Crippen molar-refractivity contribution in [1.29, 1.82) is 0 Å². The number of carbonyl (C=O) groups excluding carboxylic acids is 2. The third-order valence-corrected chi connectivity index (χ3v) is 11.2. The van der Waals surface area contributed by atoms with E-state index in [1.165, 1.54) is 23.7 Å². The first-order chi connectivity index (χ1) is 23.4. The molecule has 2 aromatic heterocycles. The molecule has 2 amide bonds. The van der Waals surface area contributed by atoms with Crippen LogP contribution in [0.5, 0.6) is 11.5 Å². The summed E-state index contributed by atoms with van der Waals surface area (Å²) in [4.78, 5) is 36.2. The molecule has 10 heteroatoms. The molecule has 4 aliphatic rings. The lowest BCUT2D eigenvalue weighted by Crippen LogP contribution is -2.51. The molecule has 2 saturated heterocycles. The Bertz CT molecular complexity index is 2070. The van der Waals surface area contributed by atoms with Crippen molar-refractivity contribution < 1.29 is 19.4 Å². The molecule has 3 atom stereocenters. The number of nitrogens with zero attached hydrogens (tertiary/aromatic N) is 5. The van der Waals surface area contributed by atoms with Crippen LogP contribution < -0.4 is 10.5 Å². The van der Waals surface area contributed by atoms with Crippen LogP contribution in [0.4, 0.5) is 0 Å². The van der Waals surface area contributed by atoms with Crippen LogP contribution in [0.1, 0.15) is 46.4 Å². The molecule has 4 heterocycles. The molecule has 9 rings (SSSR count). The molecule has 246 valence electrons. The normalized spacial score (nSPS) is 22.2. The van der Waals surface area contributed by atoms with Crippen molar-refractivity contribution >= 4 is 33.8 Å². The minimum atomic E-state index is -0.0393. The Kier molecular flexibility index (Phi) is 6.79. The Balaban J connectivity index is 1.11. The summed E-state index contributed by atoms with van der Waals surface area (Å²) in [5, 5.41) is 10.8. The number of rotatable bonds is 8. The van der Waals surface area contributed by atoms with Crippen LogP contribution in [0.3, 0.4) is 0 Å². The smallest absolute Gasteiger partial charge is 0.254 e. The number of amides is 2. The number of likely N-dealkylation sites (tertiary alicyclic amines) is 2. The lowest BCUT2D eigenvalue weighted by molar-refractivity contribution is 0.0471. The van der Waals surface area contributed by atoms with Crippen molar-refractivity contribution in [3.05, 3.63) is 77.9 Å². The molecular formula is C38H40N6O4. The fourth-order valence-electron chi connectivity index (χ4n) is 8.38. The maximum absolute atomic E-state index is 13.9. The van der Waals surface area contributed by atoms with Crippen molar-refractivity contribution in [1.82, 2.24) is 23.9 Å². The van der Waals surface area contributed by atoms with E-state index in [4.69, 9.17) is 15.5 Å². The Morgan fingerprint density at radius 2 is 1.65 bits per heavy atom. The summed E-state index contributed by atoms with van der Waals surface area (Å²) in [6.07, 6.45) is 4.50. The first kappa shape index (κ1) is 29.3. The van der Waals surface area contributed by atoms with Gasteiger partial charge in [-0.2, -0.15) is 0 Å². The summed E-state index contributed by atoms with van der Waals surface area (Å²) in [5.41, 5.74) is 11.4. The molecular weight excluding hydrogens is 604 g/mol. The Morgan fingerprint density at radius 1 is 0.875 bits per heavy atom. The number of aromatic nitrogens is 3. The van der Waals surface area contributed by atoms with Crippen molar-refractivity contribution in [2.45, 2.75) is 50.9 Å². The van der Waals surface area contributed by atoms with Gasteiger partial charge in [-0.1, -0.05) is 18.2 Å². The number of methoxy groups -OCH3 is 1. The number of piperidine rings is 1. The van der Waals surface area contributed by atoms with Gasteiger partial charge in [-0.15, -0.1) is 0 Å². The molecule has 10 nitrogen and oxygen atoms in total. The second-order valence-corrected chi connectivity index (χ2v) is 14.3. The van der Waals surface area contributed by atoms with E-state index in [9.17, 15) is 14.7 Å². The summed E-state index contributed by atoms with van der Waals surface area (Å²) in [5.74, 6) is 2.77. The summed E-state index contributed by atoms with van der Waals surface area (Å²) < 4.78 is 10.7. The molecule has 3 aromatic carbocycles. The minimum absolute atomic E-state index is 0.0147. The average molecular weight is 645 g/mol. The molecule has 0 spiro atoms. The van der Waals surface area contributed by atoms with Gasteiger partial charge in [-0.05, 0) is 86.1 Å². The molecule has 2 aliphatic carbocycles. The van der Waals surface area contributed by atoms with Gasteiger partial charge in [-0.25, -0.2) is 4.98 Å². The quantitative estimate of drug-likeness (QED) is 0.242. The van der Waals surface area contributed by atoms with E-state index in [-0.39, 0.29) is 35.6 Å². The van der Waals surface area contributed by atoms with Crippen molar-refractivity contribution in [2.24, 2.45) is 23.5 Å². The summed E-state index contributed by atoms with van der Waals surface area (Å²) in [6, 6.07) is 21.1. The zero-order chi connectivity index (χ0) is 32.7. The highest BCUT2D eigenvalue weighted by Gasteiger charge is 2.47. The predicted molar refractivity (Wildman–Crippen MR) is 183 cm³/mol. The first-order valence-corrected chi connectivity index (χ1v) is 17.2. The molecule has 48 heavy (non-hydrogen) atoms. The number of carbonyl (C=O) groups is 2. The van der Waals surface area contributed by atoms with Crippen molar-refractivity contribution in [3.63, 3.8) is 0 Å². The second kappa shape index (κ2) is 11.1. The molecule has 0 radical (unpaired) electrons. The van der Waals surface area contributed by atoms with E-state index in [1.54, 1.807) is 31.4 Å². The molecule has 5 aromatic rings. The van der Waals surface area contributed by atoms with E-state index in [0.29, 0.717) is 54.9 Å². The summed E-state index contributed by atoms with van der Waals surface area (Å²) in [6.45, 7) is 3.50. The predicted octanol–water partition coefficient (Wildman–Crippen LogP) is 5.12. The maximum atomic E-state index is 13.9. The topological polar surface area (TPSA) is 119 Å². The fourth-order valence-corrected chi connectivity index (χ4v) is 8.38. The van der Waals surface area contributed by atoms with Crippen LogP contribution in [-0.4, -0.2) is 79.7 Å². The fraction of sp³-hybridized carbons (Fsp3) is 0.395. The van der Waals surface area contributed by atoms with Gasteiger partial charge in [0.2, 0.25) is 0 Å². The van der Waals surface area contributed by atoms with Gasteiger partial charge in [0, 0.05) is 72.8 Å². The highest BCUT2D eigenvalue weighted by molar-refractivity contribution is 6.01. The molecule has 0 unspecified atom stereocenters. The van der Waals surface area contributed by atoms with Crippen LogP contribution in [-0.2, 0) is 13.1 Å². The largest absolute Gasteiger partial charge is 0.508 e. The van der Waals surface area contributed by atoms with Gasteiger partial charge >= 0.3 is 0 Å². The van der Waals surface area contributed by atoms with Gasteiger partial charge in [0.25, 0.3) is 11.8 Å². The van der Waals surface area contributed by atoms with Crippen LogP contribution in [0.25, 0.3) is 33.5 Å². The zero-order valence-electron chi connectivity index (χ0n) is 27.1. The molecule has 2 saturated carbocycles. The second-order valence-electron chi connectivity index (χ2n) is 14.3.